The number of H-pyrrole nitrogens is 1. The van der Waals surface area contributed by atoms with Crippen LogP contribution in [0.1, 0.15) is 43.5 Å². The van der Waals surface area contributed by atoms with E-state index in [0.29, 0.717) is 30.3 Å². The van der Waals surface area contributed by atoms with Crippen molar-refractivity contribution in [3.63, 3.8) is 0 Å². The highest BCUT2D eigenvalue weighted by molar-refractivity contribution is 5.85. The zero-order valence-electron chi connectivity index (χ0n) is 15.4. The number of rotatable bonds is 3. The van der Waals surface area contributed by atoms with Crippen molar-refractivity contribution in [2.75, 3.05) is 13.7 Å². The van der Waals surface area contributed by atoms with Crippen molar-refractivity contribution in [3.05, 3.63) is 35.5 Å². The zero-order valence-corrected chi connectivity index (χ0v) is 15.4. The summed E-state index contributed by atoms with van der Waals surface area (Å²) in [6.07, 6.45) is 3.67. The van der Waals surface area contributed by atoms with Gasteiger partial charge in [-0.3, -0.25) is 9.69 Å². The summed E-state index contributed by atoms with van der Waals surface area (Å²) in [6.45, 7) is 3.01. The van der Waals surface area contributed by atoms with E-state index >= 15 is 0 Å². The molecule has 0 radical (unpaired) electrons. The van der Waals surface area contributed by atoms with Gasteiger partial charge in [-0.1, -0.05) is 25.1 Å². The maximum atomic E-state index is 12.0. The fourth-order valence-corrected chi connectivity index (χ4v) is 5.64. The minimum atomic E-state index is -0.107. The first kappa shape index (κ1) is 16.3. The summed E-state index contributed by atoms with van der Waals surface area (Å²) in [6, 6.07) is 9.34. The Morgan fingerprint density at radius 3 is 3.04 bits per heavy atom. The lowest BCUT2D eigenvalue weighted by molar-refractivity contribution is -0.147. The monoisotopic (exact) mass is 354 g/mol. The van der Waals surface area contributed by atoms with Crippen LogP contribution in [0.15, 0.2) is 24.3 Å². The molecule has 2 saturated heterocycles. The maximum absolute atomic E-state index is 12.0. The first-order valence-corrected chi connectivity index (χ1v) is 9.76. The maximum Gasteiger partial charge on any atom is 0.305 e. The van der Waals surface area contributed by atoms with Gasteiger partial charge in [-0.15, -0.1) is 0 Å². The third-order valence-corrected chi connectivity index (χ3v) is 6.78. The van der Waals surface area contributed by atoms with E-state index in [1.807, 2.05) is 0 Å². The Hall–Kier alpha value is -1.85. The molecular formula is C21H26N2O3. The number of para-hydroxylation sites is 1. The number of nitrogens with one attached hydrogen (secondary N) is 1. The normalized spacial score (nSPS) is 33.1. The molecule has 0 saturated carbocycles. The number of aromatic nitrogens is 1. The first-order valence-electron chi connectivity index (χ1n) is 9.76. The van der Waals surface area contributed by atoms with Gasteiger partial charge in [0.05, 0.1) is 19.8 Å². The Balaban J connectivity index is 1.57. The number of fused-ring (bicyclic) bond motifs is 4. The SMILES string of the molecule is CC[C@@H]1[C@@H](CC(=O)OC)C[C@H]2c3[nH]c4ccccc4c3C[C@H]3CO[C@@H]1N32. The van der Waals surface area contributed by atoms with Crippen molar-refractivity contribution in [2.45, 2.75) is 50.9 Å². The predicted molar refractivity (Wildman–Crippen MR) is 98.6 cm³/mol. The smallest absolute Gasteiger partial charge is 0.305 e. The molecule has 2 aromatic rings. The van der Waals surface area contributed by atoms with E-state index in [0.717, 1.165) is 25.9 Å². The molecule has 5 atom stereocenters. The Labute approximate surface area is 153 Å². The van der Waals surface area contributed by atoms with Gasteiger partial charge in [0.2, 0.25) is 0 Å². The predicted octanol–water partition coefficient (Wildman–Crippen LogP) is 3.40. The second-order valence-corrected chi connectivity index (χ2v) is 7.96. The lowest BCUT2D eigenvalue weighted by Gasteiger charge is -2.49. The quantitative estimate of drug-likeness (QED) is 0.859. The minimum Gasteiger partial charge on any atom is -0.469 e. The van der Waals surface area contributed by atoms with Crippen LogP contribution >= 0.6 is 0 Å². The standard InChI is InChI=1S/C21H26N2O3/c1-3-14-12(9-19(24)25-2)8-18-20-16(10-13-11-26-21(14)23(13)18)15-6-4-5-7-17(15)22-20/h4-7,12-14,18,21-22H,3,8-11H2,1-2H3/t12-,13+,14-,18+,21+/m1/s1. The lowest BCUT2D eigenvalue weighted by Crippen LogP contribution is -2.53. The van der Waals surface area contributed by atoms with Crippen molar-refractivity contribution in [2.24, 2.45) is 11.8 Å². The fraction of sp³-hybridized carbons (Fsp3) is 0.571. The average Bonchev–Trinajstić information content (AvgIpc) is 3.25. The van der Waals surface area contributed by atoms with Gasteiger partial charge >= 0.3 is 5.97 Å². The molecule has 26 heavy (non-hydrogen) atoms. The minimum absolute atomic E-state index is 0.107. The topological polar surface area (TPSA) is 54.6 Å². The number of methoxy groups -OCH3 is 1. The number of benzene rings is 1. The van der Waals surface area contributed by atoms with E-state index in [2.05, 4.69) is 41.1 Å². The number of carbonyl (C=O) groups is 1. The Bertz CT molecular complexity index is 845. The van der Waals surface area contributed by atoms with Crippen molar-refractivity contribution in [1.29, 1.82) is 0 Å². The summed E-state index contributed by atoms with van der Waals surface area (Å²) in [5.41, 5.74) is 4.00. The van der Waals surface area contributed by atoms with Crippen molar-refractivity contribution >= 4 is 16.9 Å². The third-order valence-electron chi connectivity index (χ3n) is 6.78. The van der Waals surface area contributed by atoms with Crippen LogP contribution in [0.25, 0.3) is 10.9 Å². The van der Waals surface area contributed by atoms with E-state index in [1.165, 1.54) is 29.3 Å². The Kier molecular flexibility index (Phi) is 3.83. The van der Waals surface area contributed by atoms with Gasteiger partial charge in [-0.2, -0.15) is 0 Å². The number of nitrogens with zero attached hydrogens (tertiary/aromatic N) is 1. The lowest BCUT2D eigenvalue weighted by atomic mass is 9.74. The molecule has 3 aliphatic heterocycles. The van der Waals surface area contributed by atoms with Crippen LogP contribution in [-0.4, -0.2) is 41.8 Å². The molecule has 0 amide bonds. The Morgan fingerprint density at radius 1 is 1.38 bits per heavy atom. The molecule has 0 spiro atoms. The van der Waals surface area contributed by atoms with E-state index in [-0.39, 0.29) is 12.2 Å². The van der Waals surface area contributed by atoms with E-state index in [4.69, 9.17) is 9.47 Å². The molecule has 4 heterocycles. The van der Waals surface area contributed by atoms with Crippen LogP contribution in [0.3, 0.4) is 0 Å². The van der Waals surface area contributed by atoms with Crippen LogP contribution < -0.4 is 0 Å². The second-order valence-electron chi connectivity index (χ2n) is 7.96. The Morgan fingerprint density at radius 2 is 2.23 bits per heavy atom. The largest absolute Gasteiger partial charge is 0.469 e. The first-order chi connectivity index (χ1) is 12.7. The summed E-state index contributed by atoms with van der Waals surface area (Å²) in [4.78, 5) is 18.3. The number of esters is 1. The summed E-state index contributed by atoms with van der Waals surface area (Å²) >= 11 is 0. The molecule has 0 aliphatic carbocycles. The molecule has 138 valence electrons. The summed E-state index contributed by atoms with van der Waals surface area (Å²) < 4.78 is 11.3. The van der Waals surface area contributed by atoms with E-state index in [9.17, 15) is 4.79 Å². The van der Waals surface area contributed by atoms with Crippen molar-refractivity contribution < 1.29 is 14.3 Å². The zero-order chi connectivity index (χ0) is 17.8. The molecule has 1 aromatic carbocycles. The van der Waals surface area contributed by atoms with Crippen molar-refractivity contribution in [1.82, 2.24) is 9.88 Å². The number of ether oxygens (including phenoxy) is 2. The summed E-state index contributed by atoms with van der Waals surface area (Å²) in [5.74, 6) is 0.584. The van der Waals surface area contributed by atoms with Gasteiger partial charge < -0.3 is 14.5 Å². The number of piperidine rings is 1. The molecule has 5 nitrogen and oxygen atoms in total. The van der Waals surface area contributed by atoms with E-state index in [1.54, 1.807) is 0 Å². The molecule has 5 rings (SSSR count). The molecule has 2 fully saturated rings. The van der Waals surface area contributed by atoms with Gasteiger partial charge in [0.25, 0.3) is 0 Å². The molecule has 3 aliphatic rings. The highest BCUT2D eigenvalue weighted by atomic mass is 16.5. The van der Waals surface area contributed by atoms with E-state index < -0.39 is 0 Å². The summed E-state index contributed by atoms with van der Waals surface area (Å²) in [5, 5.41) is 1.34. The van der Waals surface area contributed by atoms with Gasteiger partial charge in [-0.05, 0) is 36.8 Å². The second kappa shape index (κ2) is 6.10. The highest BCUT2D eigenvalue weighted by Gasteiger charge is 2.53. The van der Waals surface area contributed by atoms with Crippen LogP contribution in [0.2, 0.25) is 0 Å². The van der Waals surface area contributed by atoms with Gasteiger partial charge in [0, 0.05) is 35.0 Å². The van der Waals surface area contributed by atoms with Gasteiger partial charge in [0.1, 0.15) is 6.23 Å². The molecular weight excluding hydrogens is 328 g/mol. The van der Waals surface area contributed by atoms with Gasteiger partial charge in [0.15, 0.2) is 0 Å². The molecule has 1 aromatic heterocycles. The fourth-order valence-electron chi connectivity index (χ4n) is 5.64. The van der Waals surface area contributed by atoms with Crippen LogP contribution in [-0.2, 0) is 20.7 Å². The molecule has 0 bridgehead atoms. The van der Waals surface area contributed by atoms with Crippen molar-refractivity contribution in [3.8, 4) is 0 Å². The summed E-state index contributed by atoms with van der Waals surface area (Å²) in [7, 11) is 1.48. The van der Waals surface area contributed by atoms with Crippen LogP contribution in [0.4, 0.5) is 0 Å². The van der Waals surface area contributed by atoms with Gasteiger partial charge in [-0.25, -0.2) is 0 Å². The number of hydrogen-bond acceptors (Lipinski definition) is 4. The molecule has 5 heteroatoms. The molecule has 0 unspecified atom stereocenters. The van der Waals surface area contributed by atoms with Crippen LogP contribution in [0, 0.1) is 11.8 Å². The van der Waals surface area contributed by atoms with Crippen LogP contribution in [0.5, 0.6) is 0 Å². The highest BCUT2D eigenvalue weighted by Crippen LogP contribution is 2.51. The average molecular weight is 354 g/mol. The number of aromatic amines is 1. The third kappa shape index (κ3) is 2.26. The number of carbonyl (C=O) groups excluding carboxylic acids is 1. The number of hydrogen-bond donors (Lipinski definition) is 1. The molecule has 1 N–H and O–H groups in total.